The fourth-order valence-corrected chi connectivity index (χ4v) is 4.52. The van der Waals surface area contributed by atoms with E-state index in [0.29, 0.717) is 37.0 Å². The molecule has 9 nitrogen and oxygen atoms in total. The number of nitrogens with one attached hydrogen (secondary N) is 1. The summed E-state index contributed by atoms with van der Waals surface area (Å²) in [5, 5.41) is 20.0. The zero-order chi connectivity index (χ0) is 23.5. The van der Waals surface area contributed by atoms with Gasteiger partial charge in [-0.1, -0.05) is 18.2 Å². The summed E-state index contributed by atoms with van der Waals surface area (Å²) in [5.74, 6) is -1.43. The molecule has 0 spiro atoms. The molecule has 1 aromatic heterocycles. The van der Waals surface area contributed by atoms with Gasteiger partial charge in [-0.2, -0.15) is 0 Å². The topological polar surface area (TPSA) is 125 Å². The van der Waals surface area contributed by atoms with Gasteiger partial charge in [0.2, 0.25) is 0 Å². The number of H-pyrrole nitrogens is 1. The van der Waals surface area contributed by atoms with Gasteiger partial charge in [-0.25, -0.2) is 4.79 Å². The van der Waals surface area contributed by atoms with E-state index in [1.807, 2.05) is 4.90 Å². The highest BCUT2D eigenvalue weighted by atomic mass is 16.5. The number of hydrogen-bond acceptors (Lipinski definition) is 7. The van der Waals surface area contributed by atoms with Crippen molar-refractivity contribution in [1.82, 2.24) is 14.5 Å². The highest BCUT2D eigenvalue weighted by Crippen LogP contribution is 2.37. The Hall–Kier alpha value is -3.59. The zero-order valence-corrected chi connectivity index (χ0v) is 18.4. The van der Waals surface area contributed by atoms with Crippen LogP contribution in [0.1, 0.15) is 24.8 Å². The lowest BCUT2D eigenvalue weighted by molar-refractivity contribution is -0.150. The second-order valence-electron chi connectivity index (χ2n) is 8.23. The Labute approximate surface area is 189 Å². The lowest BCUT2D eigenvalue weighted by Gasteiger charge is -2.37. The summed E-state index contributed by atoms with van der Waals surface area (Å²) in [4.78, 5) is 42.8. The van der Waals surface area contributed by atoms with E-state index in [0.717, 1.165) is 5.56 Å². The van der Waals surface area contributed by atoms with Crippen LogP contribution in [0, 0.1) is 5.92 Å². The maximum absolute atomic E-state index is 12.8. The van der Waals surface area contributed by atoms with Gasteiger partial charge in [0.15, 0.2) is 11.5 Å². The number of likely N-dealkylation sites (tertiary alicyclic amines) is 1. The van der Waals surface area contributed by atoms with Gasteiger partial charge >= 0.3 is 11.7 Å². The summed E-state index contributed by atoms with van der Waals surface area (Å²) < 4.78 is 6.48. The van der Waals surface area contributed by atoms with Crippen LogP contribution >= 0.6 is 0 Å². The Kier molecular flexibility index (Phi) is 6.50. The summed E-state index contributed by atoms with van der Waals surface area (Å²) >= 11 is 0. The van der Waals surface area contributed by atoms with Crippen molar-refractivity contribution < 1.29 is 19.7 Å². The first-order valence-electron chi connectivity index (χ1n) is 11.0. The maximum Gasteiger partial charge on any atom is 0.328 e. The van der Waals surface area contributed by atoms with Crippen LogP contribution in [0.2, 0.25) is 0 Å². The first-order valence-corrected chi connectivity index (χ1v) is 11.0. The highest BCUT2D eigenvalue weighted by molar-refractivity contribution is 5.77. The lowest BCUT2D eigenvalue weighted by atomic mass is 9.80. The molecule has 33 heavy (non-hydrogen) atoms. The highest BCUT2D eigenvalue weighted by Gasteiger charge is 2.36. The van der Waals surface area contributed by atoms with Gasteiger partial charge in [0.1, 0.15) is 0 Å². The monoisotopic (exact) mass is 453 g/mol. The number of aromatic hydroxyl groups is 2. The molecule has 3 aromatic rings. The molecule has 4 rings (SSSR count). The summed E-state index contributed by atoms with van der Waals surface area (Å²) in [6.45, 7) is 3.65. The van der Waals surface area contributed by atoms with Crippen LogP contribution in [0.25, 0.3) is 10.9 Å². The molecule has 0 amide bonds. The minimum atomic E-state index is -0.478. The fraction of sp³-hybridized carbons (Fsp3) is 0.375. The number of esters is 1. The molecule has 0 bridgehead atoms. The molecule has 2 aromatic carbocycles. The summed E-state index contributed by atoms with van der Waals surface area (Å²) in [6, 6.07) is 11.5. The van der Waals surface area contributed by atoms with E-state index in [9.17, 15) is 24.6 Å². The quantitative estimate of drug-likeness (QED) is 0.384. The molecule has 2 heterocycles. The number of phenolic OH excluding ortho intramolecular Hbond substituents is 2. The molecule has 1 aliphatic rings. The van der Waals surface area contributed by atoms with Gasteiger partial charge in [0.25, 0.3) is 5.56 Å². The van der Waals surface area contributed by atoms with E-state index in [4.69, 9.17) is 4.74 Å². The van der Waals surface area contributed by atoms with Crippen LogP contribution in [0.15, 0.2) is 52.1 Å². The molecule has 0 unspecified atom stereocenters. The van der Waals surface area contributed by atoms with E-state index in [-0.39, 0.29) is 42.1 Å². The molecule has 174 valence electrons. The van der Waals surface area contributed by atoms with Crippen LogP contribution in [-0.4, -0.2) is 56.9 Å². The largest absolute Gasteiger partial charge is 0.504 e. The van der Waals surface area contributed by atoms with Gasteiger partial charge in [-0.15, -0.1) is 0 Å². The van der Waals surface area contributed by atoms with E-state index in [1.165, 1.54) is 16.7 Å². The SMILES string of the molecule is CCOC(=O)[C@H]1CN(CCn2c(=O)[nH]c3ccccc3c2=O)CC[C@H]1c1ccc(O)c(O)c1. The Balaban J connectivity index is 1.53. The van der Waals surface area contributed by atoms with E-state index < -0.39 is 11.6 Å². The van der Waals surface area contributed by atoms with Crippen molar-refractivity contribution in [3.05, 3.63) is 68.9 Å². The van der Waals surface area contributed by atoms with Gasteiger partial charge in [-0.3, -0.25) is 14.2 Å². The number of nitrogens with zero attached hydrogens (tertiary/aromatic N) is 2. The molecule has 1 fully saturated rings. The van der Waals surface area contributed by atoms with Gasteiger partial charge in [0.05, 0.1) is 23.4 Å². The number of piperidine rings is 1. The third kappa shape index (κ3) is 4.63. The number of para-hydroxylation sites is 1. The molecule has 0 aliphatic carbocycles. The number of rotatable bonds is 6. The number of ether oxygens (including phenoxy) is 1. The molecule has 2 atom stereocenters. The molecule has 1 aliphatic heterocycles. The van der Waals surface area contributed by atoms with Gasteiger partial charge in [0, 0.05) is 19.6 Å². The smallest absolute Gasteiger partial charge is 0.328 e. The molecule has 9 heteroatoms. The van der Waals surface area contributed by atoms with Crippen LogP contribution in [-0.2, 0) is 16.1 Å². The Morgan fingerprint density at radius 2 is 1.91 bits per heavy atom. The Bertz CT molecular complexity index is 1280. The number of fused-ring (bicyclic) bond motifs is 1. The maximum atomic E-state index is 12.8. The second kappa shape index (κ2) is 9.50. The first kappa shape index (κ1) is 22.6. The summed E-state index contributed by atoms with van der Waals surface area (Å²) in [7, 11) is 0. The molecule has 1 saturated heterocycles. The van der Waals surface area contributed by atoms with Crippen molar-refractivity contribution in [1.29, 1.82) is 0 Å². The van der Waals surface area contributed by atoms with E-state index >= 15 is 0 Å². The van der Waals surface area contributed by atoms with Gasteiger partial charge < -0.3 is 24.8 Å². The number of hydrogen-bond donors (Lipinski definition) is 3. The van der Waals surface area contributed by atoms with Crippen LogP contribution in [0.4, 0.5) is 0 Å². The van der Waals surface area contributed by atoms with Crippen LogP contribution in [0.3, 0.4) is 0 Å². The number of aromatic amines is 1. The number of phenols is 2. The average Bonchev–Trinajstić information content (AvgIpc) is 2.81. The third-order valence-electron chi connectivity index (χ3n) is 6.24. The molecule has 3 N–H and O–H groups in total. The van der Waals surface area contributed by atoms with Crippen LogP contribution < -0.4 is 11.2 Å². The van der Waals surface area contributed by atoms with Crippen molar-refractivity contribution in [2.45, 2.75) is 25.8 Å². The molecular formula is C24H27N3O6. The van der Waals surface area contributed by atoms with E-state index in [2.05, 4.69) is 4.98 Å². The van der Waals surface area contributed by atoms with Crippen molar-refractivity contribution >= 4 is 16.9 Å². The molecule has 0 radical (unpaired) electrons. The minimum Gasteiger partial charge on any atom is -0.504 e. The first-order chi connectivity index (χ1) is 15.9. The fourth-order valence-electron chi connectivity index (χ4n) is 4.52. The standard InChI is InChI=1S/C24H27N3O6/c1-2-33-23(31)18-14-26(10-9-16(18)15-7-8-20(28)21(29)13-15)11-12-27-22(30)17-5-3-4-6-19(17)25-24(27)32/h3-8,13,16,18,28-29H,2,9-12,14H2,1H3,(H,25,32)/t16-,18-/m0/s1. The predicted molar refractivity (Wildman–Crippen MR) is 123 cm³/mol. The molecule has 0 saturated carbocycles. The Morgan fingerprint density at radius 3 is 2.67 bits per heavy atom. The van der Waals surface area contributed by atoms with Crippen LogP contribution in [0.5, 0.6) is 11.5 Å². The van der Waals surface area contributed by atoms with Crippen molar-refractivity contribution in [2.24, 2.45) is 5.92 Å². The van der Waals surface area contributed by atoms with Crippen molar-refractivity contribution in [3.63, 3.8) is 0 Å². The summed E-state index contributed by atoms with van der Waals surface area (Å²) in [6.07, 6.45) is 0.622. The Morgan fingerprint density at radius 1 is 1.12 bits per heavy atom. The predicted octanol–water partition coefficient (Wildman–Crippen LogP) is 1.77. The normalized spacial score (nSPS) is 18.9. The lowest BCUT2D eigenvalue weighted by Crippen LogP contribution is -2.46. The molecular weight excluding hydrogens is 426 g/mol. The van der Waals surface area contributed by atoms with Crippen molar-refractivity contribution in [2.75, 3.05) is 26.2 Å². The number of aromatic nitrogens is 2. The number of benzene rings is 2. The average molecular weight is 453 g/mol. The number of carbonyl (C=O) groups is 1. The minimum absolute atomic E-state index is 0.182. The van der Waals surface area contributed by atoms with Gasteiger partial charge in [-0.05, 0) is 55.6 Å². The van der Waals surface area contributed by atoms with Crippen molar-refractivity contribution in [3.8, 4) is 11.5 Å². The third-order valence-corrected chi connectivity index (χ3v) is 6.24. The zero-order valence-electron chi connectivity index (χ0n) is 18.4. The second-order valence-corrected chi connectivity index (χ2v) is 8.23. The van der Waals surface area contributed by atoms with E-state index in [1.54, 1.807) is 37.3 Å². The number of carbonyl (C=O) groups excluding carboxylic acids is 1. The summed E-state index contributed by atoms with van der Waals surface area (Å²) in [5.41, 5.74) is 0.454.